The Labute approximate surface area is 109 Å². The van der Waals surface area contributed by atoms with Crippen LogP contribution in [0.15, 0.2) is 34.2 Å². The number of thioether (sulfide) groups is 1. The lowest BCUT2D eigenvalue weighted by molar-refractivity contribution is 0.604. The van der Waals surface area contributed by atoms with Crippen LogP contribution in [0.25, 0.3) is 0 Å². The van der Waals surface area contributed by atoms with E-state index in [1.165, 1.54) is 11.8 Å². The standard InChI is InChI=1S/C12H16N4OS/c1-2-7-16-11(17)14-15-12(16)18-8-9-5-3-4-6-10(9)13/h3-6H,2,7-8,13H2,1H3,(H,14,17). The summed E-state index contributed by atoms with van der Waals surface area (Å²) in [6.07, 6.45) is 0.903. The maximum atomic E-state index is 11.5. The number of anilines is 1. The third kappa shape index (κ3) is 2.76. The molecule has 3 N–H and O–H groups in total. The molecule has 5 nitrogen and oxygen atoms in total. The van der Waals surface area contributed by atoms with Gasteiger partial charge in [0, 0.05) is 18.0 Å². The number of nitrogens with two attached hydrogens (primary N) is 1. The van der Waals surface area contributed by atoms with Gasteiger partial charge in [-0.2, -0.15) is 0 Å². The van der Waals surface area contributed by atoms with Crippen LogP contribution >= 0.6 is 11.8 Å². The molecule has 0 aliphatic heterocycles. The lowest BCUT2D eigenvalue weighted by Crippen LogP contribution is -2.17. The molecule has 0 unspecified atom stereocenters. The SMILES string of the molecule is CCCn1c(SCc2ccccc2N)n[nH]c1=O. The Kier molecular flexibility index (Phi) is 4.09. The Bertz CT molecular complexity index is 575. The average molecular weight is 264 g/mol. The molecule has 1 heterocycles. The highest BCUT2D eigenvalue weighted by Crippen LogP contribution is 2.23. The molecule has 0 aliphatic rings. The Morgan fingerprint density at radius 1 is 1.44 bits per heavy atom. The molecule has 0 bridgehead atoms. The third-order valence-corrected chi connectivity index (χ3v) is 3.61. The van der Waals surface area contributed by atoms with Gasteiger partial charge in [0.2, 0.25) is 0 Å². The van der Waals surface area contributed by atoms with Gasteiger partial charge in [0.05, 0.1) is 0 Å². The molecule has 0 amide bonds. The molecular weight excluding hydrogens is 248 g/mol. The van der Waals surface area contributed by atoms with Crippen LogP contribution < -0.4 is 11.4 Å². The molecule has 0 saturated carbocycles. The van der Waals surface area contributed by atoms with Crippen molar-refractivity contribution in [2.45, 2.75) is 30.8 Å². The molecule has 1 aromatic carbocycles. The fourth-order valence-corrected chi connectivity index (χ4v) is 2.63. The molecule has 2 rings (SSSR count). The Hall–Kier alpha value is -1.69. The number of aromatic amines is 1. The van der Waals surface area contributed by atoms with Gasteiger partial charge in [0.1, 0.15) is 0 Å². The molecule has 0 radical (unpaired) electrons. The van der Waals surface area contributed by atoms with Crippen molar-refractivity contribution in [1.29, 1.82) is 0 Å². The Balaban J connectivity index is 2.11. The van der Waals surface area contributed by atoms with Crippen molar-refractivity contribution in [1.82, 2.24) is 14.8 Å². The summed E-state index contributed by atoms with van der Waals surface area (Å²) < 4.78 is 1.66. The number of benzene rings is 1. The number of rotatable bonds is 5. The zero-order valence-corrected chi connectivity index (χ0v) is 11.0. The first kappa shape index (κ1) is 12.8. The largest absolute Gasteiger partial charge is 0.398 e. The molecule has 0 atom stereocenters. The summed E-state index contributed by atoms with van der Waals surface area (Å²) in [5.41, 5.74) is 7.55. The van der Waals surface area contributed by atoms with Gasteiger partial charge in [-0.3, -0.25) is 4.57 Å². The summed E-state index contributed by atoms with van der Waals surface area (Å²) in [6.45, 7) is 2.71. The van der Waals surface area contributed by atoms with Crippen LogP contribution in [0.3, 0.4) is 0 Å². The van der Waals surface area contributed by atoms with Crippen LogP contribution in [0.1, 0.15) is 18.9 Å². The number of nitrogens with zero attached hydrogens (tertiary/aromatic N) is 2. The van der Waals surface area contributed by atoms with Crippen LogP contribution in [0.5, 0.6) is 0 Å². The summed E-state index contributed by atoms with van der Waals surface area (Å²) in [6, 6.07) is 7.72. The highest BCUT2D eigenvalue weighted by atomic mass is 32.2. The minimum atomic E-state index is -0.152. The van der Waals surface area contributed by atoms with Gasteiger partial charge in [-0.05, 0) is 18.1 Å². The van der Waals surface area contributed by atoms with Gasteiger partial charge < -0.3 is 5.73 Å². The number of nitrogen functional groups attached to an aromatic ring is 1. The highest BCUT2D eigenvalue weighted by Gasteiger charge is 2.08. The topological polar surface area (TPSA) is 76.7 Å². The van der Waals surface area contributed by atoms with Crippen molar-refractivity contribution in [2.24, 2.45) is 0 Å². The zero-order chi connectivity index (χ0) is 13.0. The smallest absolute Gasteiger partial charge is 0.343 e. The molecule has 0 saturated heterocycles. The lowest BCUT2D eigenvalue weighted by Gasteiger charge is -2.05. The van der Waals surface area contributed by atoms with E-state index in [1.807, 2.05) is 31.2 Å². The van der Waals surface area contributed by atoms with Crippen LogP contribution in [-0.4, -0.2) is 14.8 Å². The van der Waals surface area contributed by atoms with Crippen molar-refractivity contribution in [3.8, 4) is 0 Å². The number of hydrogen-bond donors (Lipinski definition) is 2. The molecular formula is C12H16N4OS. The summed E-state index contributed by atoms with van der Waals surface area (Å²) in [4.78, 5) is 11.5. The Morgan fingerprint density at radius 2 is 2.22 bits per heavy atom. The maximum absolute atomic E-state index is 11.5. The van der Waals surface area contributed by atoms with Crippen LogP contribution in [-0.2, 0) is 12.3 Å². The van der Waals surface area contributed by atoms with Crippen LogP contribution in [0.2, 0.25) is 0 Å². The van der Waals surface area contributed by atoms with Crippen molar-refractivity contribution in [2.75, 3.05) is 5.73 Å². The normalized spacial score (nSPS) is 10.7. The fourth-order valence-electron chi connectivity index (χ4n) is 1.64. The van der Waals surface area contributed by atoms with E-state index in [4.69, 9.17) is 5.73 Å². The van der Waals surface area contributed by atoms with Gasteiger partial charge in [-0.15, -0.1) is 5.10 Å². The van der Waals surface area contributed by atoms with E-state index in [2.05, 4.69) is 10.2 Å². The number of para-hydroxylation sites is 1. The molecule has 0 spiro atoms. The summed E-state index contributed by atoms with van der Waals surface area (Å²) >= 11 is 1.52. The van der Waals surface area contributed by atoms with E-state index in [1.54, 1.807) is 4.57 Å². The van der Waals surface area contributed by atoms with Crippen molar-refractivity contribution in [3.05, 3.63) is 40.3 Å². The second-order valence-corrected chi connectivity index (χ2v) is 4.89. The second-order valence-electron chi connectivity index (χ2n) is 3.95. The van der Waals surface area contributed by atoms with E-state index in [0.29, 0.717) is 17.5 Å². The van der Waals surface area contributed by atoms with E-state index >= 15 is 0 Å². The number of hydrogen-bond acceptors (Lipinski definition) is 4. The third-order valence-electron chi connectivity index (χ3n) is 2.58. The molecule has 0 fully saturated rings. The first-order chi connectivity index (χ1) is 8.72. The van der Waals surface area contributed by atoms with Crippen molar-refractivity contribution in [3.63, 3.8) is 0 Å². The molecule has 2 aromatic rings. The fraction of sp³-hybridized carbons (Fsp3) is 0.333. The summed E-state index contributed by atoms with van der Waals surface area (Å²) in [7, 11) is 0. The van der Waals surface area contributed by atoms with E-state index in [-0.39, 0.29) is 5.69 Å². The van der Waals surface area contributed by atoms with Gasteiger partial charge in [0.25, 0.3) is 0 Å². The predicted octanol–water partition coefficient (Wildman–Crippen LogP) is 1.86. The lowest BCUT2D eigenvalue weighted by atomic mass is 10.2. The monoisotopic (exact) mass is 264 g/mol. The molecule has 18 heavy (non-hydrogen) atoms. The second kappa shape index (κ2) is 5.77. The molecule has 1 aromatic heterocycles. The van der Waals surface area contributed by atoms with Gasteiger partial charge >= 0.3 is 5.69 Å². The quantitative estimate of drug-likeness (QED) is 0.638. The van der Waals surface area contributed by atoms with Crippen molar-refractivity contribution >= 4 is 17.4 Å². The molecule has 6 heteroatoms. The average Bonchev–Trinajstić information content (AvgIpc) is 2.71. The number of aromatic nitrogens is 3. The van der Waals surface area contributed by atoms with E-state index in [0.717, 1.165) is 17.7 Å². The van der Waals surface area contributed by atoms with E-state index in [9.17, 15) is 4.79 Å². The zero-order valence-electron chi connectivity index (χ0n) is 10.2. The summed E-state index contributed by atoms with van der Waals surface area (Å²) in [5.74, 6) is 0.709. The van der Waals surface area contributed by atoms with Gasteiger partial charge in [-0.25, -0.2) is 9.89 Å². The number of H-pyrrole nitrogens is 1. The maximum Gasteiger partial charge on any atom is 0.343 e. The van der Waals surface area contributed by atoms with Crippen molar-refractivity contribution < 1.29 is 0 Å². The van der Waals surface area contributed by atoms with Gasteiger partial charge in [-0.1, -0.05) is 36.9 Å². The summed E-state index contributed by atoms with van der Waals surface area (Å²) in [5, 5.41) is 7.22. The number of nitrogens with one attached hydrogen (secondary N) is 1. The molecule has 96 valence electrons. The van der Waals surface area contributed by atoms with E-state index < -0.39 is 0 Å². The minimum Gasteiger partial charge on any atom is -0.398 e. The van der Waals surface area contributed by atoms with Crippen LogP contribution in [0, 0.1) is 0 Å². The predicted molar refractivity (Wildman–Crippen MR) is 73.6 cm³/mol. The minimum absolute atomic E-state index is 0.152. The first-order valence-corrected chi connectivity index (χ1v) is 6.82. The van der Waals surface area contributed by atoms with Gasteiger partial charge in [0.15, 0.2) is 5.16 Å². The Morgan fingerprint density at radius 3 is 2.94 bits per heavy atom. The molecule has 0 aliphatic carbocycles. The van der Waals surface area contributed by atoms with Crippen LogP contribution in [0.4, 0.5) is 5.69 Å². The first-order valence-electron chi connectivity index (χ1n) is 5.83. The highest BCUT2D eigenvalue weighted by molar-refractivity contribution is 7.98.